The van der Waals surface area contributed by atoms with Crippen molar-refractivity contribution in [3.8, 4) is 0 Å². The maximum absolute atomic E-state index is 11.8. The molecule has 1 aromatic heterocycles. The summed E-state index contributed by atoms with van der Waals surface area (Å²) < 4.78 is 0. The molecule has 2 rings (SSSR count). The Hall–Kier alpha value is -2.36. The summed E-state index contributed by atoms with van der Waals surface area (Å²) in [6.07, 6.45) is 2.48. The number of pyridine rings is 1. The van der Waals surface area contributed by atoms with Crippen LogP contribution < -0.4 is 10.6 Å². The first-order chi connectivity index (χ1) is 9.65. The number of nitrogens with zero attached hydrogens (tertiary/aromatic N) is 1. The highest BCUT2D eigenvalue weighted by Gasteiger charge is 2.04. The average Bonchev–Trinajstić information content (AvgIpc) is 2.43. The number of amides is 2. The Bertz CT molecular complexity index is 582. The van der Waals surface area contributed by atoms with Crippen molar-refractivity contribution < 1.29 is 4.79 Å². The lowest BCUT2D eigenvalue weighted by Crippen LogP contribution is -2.30. The lowest BCUT2D eigenvalue weighted by molar-refractivity contribution is 0.252. The standard InChI is InChI=1S/C16H19N3O/c1-12-6-7-15(13(2)11-12)19-16(20)18-10-8-14-5-3-4-9-17-14/h3-7,9,11H,8,10H2,1-2H3,(H2,18,19,20). The summed E-state index contributed by atoms with van der Waals surface area (Å²) >= 11 is 0. The van der Waals surface area contributed by atoms with Gasteiger partial charge in [0.15, 0.2) is 0 Å². The van der Waals surface area contributed by atoms with E-state index in [1.807, 2.05) is 50.2 Å². The van der Waals surface area contributed by atoms with E-state index in [0.29, 0.717) is 6.54 Å². The van der Waals surface area contributed by atoms with Gasteiger partial charge in [0.1, 0.15) is 0 Å². The van der Waals surface area contributed by atoms with Gasteiger partial charge in [-0.3, -0.25) is 4.98 Å². The van der Waals surface area contributed by atoms with E-state index in [0.717, 1.165) is 23.4 Å². The number of carbonyl (C=O) groups is 1. The minimum absolute atomic E-state index is 0.187. The normalized spacial score (nSPS) is 10.1. The largest absolute Gasteiger partial charge is 0.337 e. The quantitative estimate of drug-likeness (QED) is 0.896. The number of benzene rings is 1. The minimum atomic E-state index is -0.187. The fourth-order valence-electron chi connectivity index (χ4n) is 1.97. The molecule has 0 unspecified atom stereocenters. The molecule has 0 atom stereocenters. The number of anilines is 1. The predicted octanol–water partition coefficient (Wildman–Crippen LogP) is 3.06. The second kappa shape index (κ2) is 6.70. The minimum Gasteiger partial charge on any atom is -0.337 e. The van der Waals surface area contributed by atoms with E-state index in [4.69, 9.17) is 0 Å². The third kappa shape index (κ3) is 4.09. The number of rotatable bonds is 4. The van der Waals surface area contributed by atoms with Crippen LogP contribution in [0.25, 0.3) is 0 Å². The van der Waals surface area contributed by atoms with Crippen molar-refractivity contribution in [3.05, 3.63) is 59.4 Å². The number of hydrogen-bond donors (Lipinski definition) is 2. The molecular weight excluding hydrogens is 250 g/mol. The first kappa shape index (κ1) is 14.1. The molecule has 0 aliphatic rings. The van der Waals surface area contributed by atoms with Crippen molar-refractivity contribution >= 4 is 11.7 Å². The molecule has 0 bridgehead atoms. The number of carbonyl (C=O) groups excluding carboxylic acids is 1. The number of hydrogen-bond acceptors (Lipinski definition) is 2. The van der Waals surface area contributed by atoms with Crippen LogP contribution in [0.4, 0.5) is 10.5 Å². The highest BCUT2D eigenvalue weighted by molar-refractivity contribution is 5.90. The highest BCUT2D eigenvalue weighted by atomic mass is 16.2. The zero-order valence-corrected chi connectivity index (χ0v) is 11.8. The van der Waals surface area contributed by atoms with Crippen molar-refractivity contribution in [2.45, 2.75) is 20.3 Å². The topological polar surface area (TPSA) is 54.0 Å². The fourth-order valence-corrected chi connectivity index (χ4v) is 1.97. The molecule has 2 aromatic rings. The maximum atomic E-state index is 11.8. The summed E-state index contributed by atoms with van der Waals surface area (Å²) in [5, 5.41) is 5.68. The summed E-state index contributed by atoms with van der Waals surface area (Å²) in [5.41, 5.74) is 4.05. The lowest BCUT2D eigenvalue weighted by Gasteiger charge is -2.10. The van der Waals surface area contributed by atoms with E-state index in [2.05, 4.69) is 15.6 Å². The van der Waals surface area contributed by atoms with Gasteiger partial charge < -0.3 is 10.6 Å². The van der Waals surface area contributed by atoms with Gasteiger partial charge in [-0.25, -0.2) is 4.79 Å². The Morgan fingerprint density at radius 1 is 1.20 bits per heavy atom. The summed E-state index contributed by atoms with van der Waals surface area (Å²) in [4.78, 5) is 16.0. The lowest BCUT2D eigenvalue weighted by atomic mass is 10.1. The molecule has 0 saturated heterocycles. The van der Waals surface area contributed by atoms with Gasteiger partial charge in [0.25, 0.3) is 0 Å². The number of aromatic nitrogens is 1. The molecule has 1 heterocycles. The van der Waals surface area contributed by atoms with Crippen LogP contribution in [-0.4, -0.2) is 17.6 Å². The Kier molecular flexibility index (Phi) is 4.71. The predicted molar refractivity (Wildman–Crippen MR) is 80.9 cm³/mol. The van der Waals surface area contributed by atoms with Crippen LogP contribution in [0.15, 0.2) is 42.6 Å². The SMILES string of the molecule is Cc1ccc(NC(=O)NCCc2ccccn2)c(C)c1. The van der Waals surface area contributed by atoms with Crippen molar-refractivity contribution in [2.24, 2.45) is 0 Å². The van der Waals surface area contributed by atoms with Crippen LogP contribution in [0.1, 0.15) is 16.8 Å². The van der Waals surface area contributed by atoms with Gasteiger partial charge in [0, 0.05) is 30.5 Å². The molecule has 0 saturated carbocycles. The monoisotopic (exact) mass is 269 g/mol. The Labute approximate surface area is 119 Å². The first-order valence-corrected chi connectivity index (χ1v) is 6.67. The first-order valence-electron chi connectivity index (χ1n) is 6.67. The van der Waals surface area contributed by atoms with Crippen LogP contribution in [0, 0.1) is 13.8 Å². The Morgan fingerprint density at radius 3 is 2.75 bits per heavy atom. The van der Waals surface area contributed by atoms with Crippen molar-refractivity contribution in [1.29, 1.82) is 0 Å². The molecule has 2 N–H and O–H groups in total. The third-order valence-electron chi connectivity index (χ3n) is 3.02. The molecule has 2 amide bonds. The molecule has 104 valence electrons. The van der Waals surface area contributed by atoms with Crippen LogP contribution in [0.2, 0.25) is 0 Å². The maximum Gasteiger partial charge on any atom is 0.319 e. The molecule has 4 heteroatoms. The van der Waals surface area contributed by atoms with Gasteiger partial charge in [0.05, 0.1) is 0 Å². The van der Waals surface area contributed by atoms with Crippen LogP contribution >= 0.6 is 0 Å². The summed E-state index contributed by atoms with van der Waals surface area (Å²) in [5.74, 6) is 0. The van der Waals surface area contributed by atoms with E-state index < -0.39 is 0 Å². The van der Waals surface area contributed by atoms with E-state index in [1.165, 1.54) is 5.56 Å². The molecule has 0 radical (unpaired) electrons. The molecule has 0 fully saturated rings. The number of aryl methyl sites for hydroxylation is 2. The highest BCUT2D eigenvalue weighted by Crippen LogP contribution is 2.15. The second-order valence-corrected chi connectivity index (χ2v) is 4.77. The fraction of sp³-hybridized carbons (Fsp3) is 0.250. The van der Waals surface area contributed by atoms with Crippen molar-refractivity contribution in [2.75, 3.05) is 11.9 Å². The third-order valence-corrected chi connectivity index (χ3v) is 3.02. The molecule has 0 aliphatic heterocycles. The van der Waals surface area contributed by atoms with E-state index in [-0.39, 0.29) is 6.03 Å². The molecule has 0 aliphatic carbocycles. The average molecular weight is 269 g/mol. The van der Waals surface area contributed by atoms with Gasteiger partial charge in [-0.15, -0.1) is 0 Å². The van der Waals surface area contributed by atoms with Crippen LogP contribution in [-0.2, 0) is 6.42 Å². The second-order valence-electron chi connectivity index (χ2n) is 4.77. The number of urea groups is 1. The van der Waals surface area contributed by atoms with E-state index in [1.54, 1.807) is 6.20 Å². The summed E-state index contributed by atoms with van der Waals surface area (Å²) in [6, 6.07) is 11.5. The van der Waals surface area contributed by atoms with Gasteiger partial charge >= 0.3 is 6.03 Å². The van der Waals surface area contributed by atoms with Crippen LogP contribution in [0.3, 0.4) is 0 Å². The Morgan fingerprint density at radius 2 is 2.05 bits per heavy atom. The van der Waals surface area contributed by atoms with Gasteiger partial charge in [-0.05, 0) is 37.6 Å². The van der Waals surface area contributed by atoms with Crippen molar-refractivity contribution in [3.63, 3.8) is 0 Å². The van der Waals surface area contributed by atoms with E-state index >= 15 is 0 Å². The van der Waals surface area contributed by atoms with Gasteiger partial charge in [-0.1, -0.05) is 23.8 Å². The molecular formula is C16H19N3O. The van der Waals surface area contributed by atoms with E-state index in [9.17, 15) is 4.79 Å². The summed E-state index contributed by atoms with van der Waals surface area (Å²) in [7, 11) is 0. The number of nitrogens with one attached hydrogen (secondary N) is 2. The summed E-state index contributed by atoms with van der Waals surface area (Å²) in [6.45, 7) is 4.58. The molecule has 1 aromatic carbocycles. The zero-order chi connectivity index (χ0) is 14.4. The van der Waals surface area contributed by atoms with Crippen LogP contribution in [0.5, 0.6) is 0 Å². The van der Waals surface area contributed by atoms with Crippen molar-refractivity contribution in [1.82, 2.24) is 10.3 Å². The molecule has 0 spiro atoms. The Balaban J connectivity index is 1.81. The molecule has 20 heavy (non-hydrogen) atoms. The van der Waals surface area contributed by atoms with Gasteiger partial charge in [-0.2, -0.15) is 0 Å². The molecule has 4 nitrogen and oxygen atoms in total. The van der Waals surface area contributed by atoms with Gasteiger partial charge in [0.2, 0.25) is 0 Å². The smallest absolute Gasteiger partial charge is 0.319 e. The zero-order valence-electron chi connectivity index (χ0n) is 11.8.